The van der Waals surface area contributed by atoms with Gasteiger partial charge in [0, 0.05) is 35.7 Å². The smallest absolute Gasteiger partial charge is 0.429 e. The topological polar surface area (TPSA) is 44.2 Å². The molecule has 0 saturated carbocycles. The van der Waals surface area contributed by atoms with E-state index < -0.39 is 64.2 Å². The zero-order valence-electron chi connectivity index (χ0n) is 21.9. The fourth-order valence-electron chi connectivity index (χ4n) is 3.73. The van der Waals surface area contributed by atoms with Crippen LogP contribution < -0.4 is 9.47 Å². The summed E-state index contributed by atoms with van der Waals surface area (Å²) in [5.41, 5.74) is -1.54. The van der Waals surface area contributed by atoms with E-state index in [1.807, 2.05) is 0 Å². The Labute approximate surface area is 242 Å². The molecule has 0 aliphatic rings. The highest BCUT2D eigenvalue weighted by atomic mass is 19.4. The third-order valence-electron chi connectivity index (χ3n) is 5.68. The minimum atomic E-state index is -5.51. The molecule has 1 heterocycles. The number of benzene rings is 3. The van der Waals surface area contributed by atoms with E-state index in [1.54, 1.807) is 18.5 Å². The van der Waals surface area contributed by atoms with E-state index in [0.29, 0.717) is 24.1 Å². The number of aromatic nitrogens is 2. The van der Waals surface area contributed by atoms with E-state index in [2.05, 4.69) is 37.9 Å². The van der Waals surface area contributed by atoms with Crippen molar-refractivity contribution in [3.05, 3.63) is 119 Å². The number of nitrogens with zero attached hydrogens (tertiary/aromatic N) is 2. The summed E-state index contributed by atoms with van der Waals surface area (Å²) in [5, 5.41) is 0. The number of ether oxygens (including phenoxy) is 2. The van der Waals surface area contributed by atoms with Gasteiger partial charge in [-0.15, -0.1) is 19.8 Å². The Hall–Kier alpha value is -5.06. The highest BCUT2D eigenvalue weighted by Crippen LogP contribution is 2.38. The SMILES string of the molecule is C=CCCc1cnc(-c2ccc(C#Cc3cc(F)c(C(F)(F)Oc4cc(F)c(OC(F)(F)F)c(F)c4)c(F)c3)c(F)c2)nc1. The second-order valence-corrected chi connectivity index (χ2v) is 8.88. The first kappa shape index (κ1) is 31.9. The highest BCUT2D eigenvalue weighted by molar-refractivity contribution is 5.58. The van der Waals surface area contributed by atoms with Gasteiger partial charge in [-0.3, -0.25) is 0 Å². The maximum atomic E-state index is 14.7. The second kappa shape index (κ2) is 12.7. The Morgan fingerprint density at radius 2 is 1.36 bits per heavy atom. The minimum absolute atomic E-state index is 0.0981. The summed E-state index contributed by atoms with van der Waals surface area (Å²) in [6, 6.07) is 4.33. The van der Waals surface area contributed by atoms with Crippen LogP contribution in [0.15, 0.2) is 67.5 Å². The van der Waals surface area contributed by atoms with Crippen LogP contribution in [-0.2, 0) is 12.5 Å². The van der Waals surface area contributed by atoms with Crippen molar-refractivity contribution in [2.75, 3.05) is 0 Å². The van der Waals surface area contributed by atoms with Crippen LogP contribution >= 0.6 is 0 Å². The molecule has 0 saturated heterocycles. The van der Waals surface area contributed by atoms with Crippen LogP contribution in [0.5, 0.6) is 11.5 Å². The maximum absolute atomic E-state index is 14.7. The molecule has 0 aliphatic carbocycles. The van der Waals surface area contributed by atoms with Crippen molar-refractivity contribution >= 4 is 0 Å². The Bertz CT molecular complexity index is 1710. The molecule has 0 unspecified atom stereocenters. The molecule has 4 aromatic rings. The van der Waals surface area contributed by atoms with Crippen LogP contribution in [0.4, 0.5) is 43.9 Å². The summed E-state index contributed by atoms with van der Waals surface area (Å²) in [5.74, 6) is -7.37. The van der Waals surface area contributed by atoms with Crippen LogP contribution in [0.3, 0.4) is 0 Å². The molecular formula is C30H16F10N2O2. The predicted octanol–water partition coefficient (Wildman–Crippen LogP) is 8.38. The third kappa shape index (κ3) is 7.66. The van der Waals surface area contributed by atoms with Gasteiger partial charge in [-0.2, -0.15) is 8.78 Å². The molecule has 0 spiro atoms. The maximum Gasteiger partial charge on any atom is 0.573 e. The number of hydrogen-bond acceptors (Lipinski definition) is 4. The van der Waals surface area contributed by atoms with Gasteiger partial charge in [-0.25, -0.2) is 31.9 Å². The van der Waals surface area contributed by atoms with Gasteiger partial charge in [0.25, 0.3) is 0 Å². The number of allylic oxidation sites excluding steroid dienone is 1. The van der Waals surface area contributed by atoms with Crippen LogP contribution in [0.1, 0.15) is 28.7 Å². The molecule has 0 bridgehead atoms. The van der Waals surface area contributed by atoms with Crippen molar-refractivity contribution in [2.24, 2.45) is 0 Å². The molecule has 0 atom stereocenters. The molecule has 4 nitrogen and oxygen atoms in total. The van der Waals surface area contributed by atoms with Gasteiger partial charge in [0.1, 0.15) is 28.8 Å². The molecule has 1 aromatic heterocycles. The van der Waals surface area contributed by atoms with Crippen LogP contribution in [-0.4, -0.2) is 16.3 Å². The average molecular weight is 626 g/mol. The van der Waals surface area contributed by atoms with Crippen LogP contribution in [0.25, 0.3) is 11.4 Å². The van der Waals surface area contributed by atoms with E-state index in [-0.39, 0.29) is 23.5 Å². The fourth-order valence-corrected chi connectivity index (χ4v) is 3.73. The van der Waals surface area contributed by atoms with Crippen molar-refractivity contribution in [2.45, 2.75) is 25.3 Å². The minimum Gasteiger partial charge on any atom is -0.429 e. The van der Waals surface area contributed by atoms with Crippen LogP contribution in [0.2, 0.25) is 0 Å². The standard InChI is InChI=1S/C30H16F10N2O2/c1-2-3-4-17-14-41-28(42-15-17)19-8-7-18(21(31)11-19)6-5-16-9-22(32)26(23(33)10-16)29(36,37)43-20-12-24(34)27(25(35)13-20)44-30(38,39)40/h2,7-15H,1,3-4H2. The first-order valence-corrected chi connectivity index (χ1v) is 12.2. The Morgan fingerprint density at radius 3 is 1.91 bits per heavy atom. The summed E-state index contributed by atoms with van der Waals surface area (Å²) in [7, 11) is 0. The number of alkyl halides is 5. The lowest BCUT2D eigenvalue weighted by atomic mass is 10.1. The molecule has 228 valence electrons. The van der Waals surface area contributed by atoms with E-state index in [4.69, 9.17) is 0 Å². The summed E-state index contributed by atoms with van der Waals surface area (Å²) in [4.78, 5) is 8.36. The molecule has 4 rings (SSSR count). The zero-order chi connectivity index (χ0) is 32.2. The average Bonchev–Trinajstić information content (AvgIpc) is 2.92. The summed E-state index contributed by atoms with van der Waals surface area (Å²) in [6.45, 7) is 3.63. The number of halogens is 10. The largest absolute Gasteiger partial charge is 0.573 e. The molecule has 0 fully saturated rings. The number of aryl methyl sites for hydroxylation is 1. The fraction of sp³-hybridized carbons (Fsp3) is 0.133. The highest BCUT2D eigenvalue weighted by Gasteiger charge is 2.42. The Balaban J connectivity index is 1.54. The van der Waals surface area contributed by atoms with Gasteiger partial charge in [0.05, 0.1) is 5.56 Å². The van der Waals surface area contributed by atoms with Crippen molar-refractivity contribution < 1.29 is 53.4 Å². The molecular weight excluding hydrogens is 610 g/mol. The van der Waals surface area contributed by atoms with Gasteiger partial charge in [0.2, 0.25) is 5.75 Å². The van der Waals surface area contributed by atoms with E-state index in [9.17, 15) is 43.9 Å². The Morgan fingerprint density at radius 1 is 0.750 bits per heavy atom. The molecule has 44 heavy (non-hydrogen) atoms. The lowest BCUT2D eigenvalue weighted by Gasteiger charge is -2.20. The molecule has 0 amide bonds. The third-order valence-corrected chi connectivity index (χ3v) is 5.68. The molecule has 0 aliphatic heterocycles. The van der Waals surface area contributed by atoms with Gasteiger partial charge < -0.3 is 9.47 Å². The first-order chi connectivity index (χ1) is 20.7. The molecule has 0 N–H and O–H groups in total. The van der Waals surface area contributed by atoms with Crippen molar-refractivity contribution in [1.82, 2.24) is 9.97 Å². The predicted molar refractivity (Wildman–Crippen MR) is 136 cm³/mol. The number of rotatable bonds is 8. The van der Waals surface area contributed by atoms with Gasteiger partial charge in [-0.1, -0.05) is 17.9 Å². The quantitative estimate of drug-likeness (QED) is 0.112. The monoisotopic (exact) mass is 626 g/mol. The van der Waals surface area contributed by atoms with Gasteiger partial charge in [0.15, 0.2) is 17.5 Å². The zero-order valence-corrected chi connectivity index (χ0v) is 21.9. The summed E-state index contributed by atoms with van der Waals surface area (Å²) in [6.07, 6.45) is -4.11. The molecule has 14 heteroatoms. The van der Waals surface area contributed by atoms with Crippen LogP contribution in [0, 0.1) is 40.9 Å². The van der Waals surface area contributed by atoms with E-state index in [1.165, 1.54) is 12.1 Å². The second-order valence-electron chi connectivity index (χ2n) is 8.88. The van der Waals surface area contributed by atoms with Crippen molar-refractivity contribution in [3.63, 3.8) is 0 Å². The van der Waals surface area contributed by atoms with Gasteiger partial charge in [-0.05, 0) is 48.7 Å². The van der Waals surface area contributed by atoms with Crippen molar-refractivity contribution in [1.29, 1.82) is 0 Å². The summed E-state index contributed by atoms with van der Waals surface area (Å²) < 4.78 is 145. The van der Waals surface area contributed by atoms with E-state index >= 15 is 0 Å². The number of hydrogen-bond donors (Lipinski definition) is 0. The van der Waals surface area contributed by atoms with E-state index in [0.717, 1.165) is 18.1 Å². The first-order valence-electron chi connectivity index (χ1n) is 12.2. The van der Waals surface area contributed by atoms with Crippen molar-refractivity contribution in [3.8, 4) is 34.7 Å². The summed E-state index contributed by atoms with van der Waals surface area (Å²) >= 11 is 0. The Kier molecular flexibility index (Phi) is 9.17. The molecule has 3 aromatic carbocycles. The lowest BCUT2D eigenvalue weighted by molar-refractivity contribution is -0.276. The lowest BCUT2D eigenvalue weighted by Crippen LogP contribution is -2.25. The van der Waals surface area contributed by atoms with Gasteiger partial charge >= 0.3 is 12.5 Å². The molecule has 0 radical (unpaired) electrons. The normalized spacial score (nSPS) is 11.5.